The number of benzene rings is 1. The summed E-state index contributed by atoms with van der Waals surface area (Å²) in [4.78, 5) is 19.9. The summed E-state index contributed by atoms with van der Waals surface area (Å²) in [5.41, 5.74) is -1.94. The number of nitrogens with zero attached hydrogens (tertiary/aromatic N) is 4. The fraction of sp³-hybridized carbons (Fsp3) is 0.483. The van der Waals surface area contributed by atoms with E-state index in [1.54, 1.807) is 0 Å². The summed E-state index contributed by atoms with van der Waals surface area (Å²) < 4.78 is 85.7. The van der Waals surface area contributed by atoms with Gasteiger partial charge in [0.05, 0.1) is 19.8 Å². The molecule has 15 heteroatoms. The maximum atomic E-state index is 13.6. The Balaban J connectivity index is 1.45. The van der Waals surface area contributed by atoms with Gasteiger partial charge in [-0.2, -0.15) is 13.2 Å². The van der Waals surface area contributed by atoms with Crippen LogP contribution in [0.5, 0.6) is 17.4 Å². The monoisotopic (exact) mass is 637 g/mol. The van der Waals surface area contributed by atoms with Crippen molar-refractivity contribution in [3.8, 4) is 23.2 Å². The molecular weight excluding hydrogens is 603 g/mol. The Hall–Kier alpha value is -4.01. The molecule has 1 aromatic carbocycles. The first kappa shape index (κ1) is 31.4. The van der Waals surface area contributed by atoms with E-state index in [1.807, 2.05) is 11.8 Å². The number of carbonyl (C=O) groups excluding carboxylic acids is 1. The maximum absolute atomic E-state index is 13.6. The van der Waals surface area contributed by atoms with Gasteiger partial charge in [0, 0.05) is 30.9 Å². The van der Waals surface area contributed by atoms with E-state index in [4.69, 9.17) is 14.2 Å². The third kappa shape index (κ3) is 6.14. The molecule has 0 bridgehead atoms. The van der Waals surface area contributed by atoms with Crippen LogP contribution in [0.25, 0.3) is 5.82 Å². The highest BCUT2D eigenvalue weighted by molar-refractivity contribution is 7.90. The van der Waals surface area contributed by atoms with Crippen molar-refractivity contribution < 1.29 is 40.6 Å². The topological polar surface area (TPSA) is 125 Å². The first-order valence-electron chi connectivity index (χ1n) is 13.9. The summed E-state index contributed by atoms with van der Waals surface area (Å²) in [6, 6.07) is 8.42. The highest BCUT2D eigenvalue weighted by Crippen LogP contribution is 2.57. The van der Waals surface area contributed by atoms with Crippen LogP contribution in [-0.2, 0) is 10.0 Å². The van der Waals surface area contributed by atoms with E-state index >= 15 is 0 Å². The van der Waals surface area contributed by atoms with Crippen molar-refractivity contribution in [3.05, 3.63) is 48.2 Å². The first-order chi connectivity index (χ1) is 20.6. The molecule has 1 aliphatic carbocycles. The fourth-order valence-corrected chi connectivity index (χ4v) is 6.57. The first-order valence-corrected chi connectivity index (χ1v) is 15.4. The lowest BCUT2D eigenvalue weighted by Gasteiger charge is -2.26. The molecule has 11 nitrogen and oxygen atoms in total. The summed E-state index contributed by atoms with van der Waals surface area (Å²) in [6.07, 6.45) is -2.04. The summed E-state index contributed by atoms with van der Waals surface area (Å²) in [5, 5.41) is 4.24. The number of alkyl halides is 3. The van der Waals surface area contributed by atoms with Gasteiger partial charge in [0.2, 0.25) is 5.88 Å². The number of carbonyl (C=O) groups is 1. The molecule has 0 radical (unpaired) electrons. The second kappa shape index (κ2) is 11.2. The zero-order valence-corrected chi connectivity index (χ0v) is 25.8. The molecule has 1 saturated carbocycles. The summed E-state index contributed by atoms with van der Waals surface area (Å²) in [7, 11) is -1.64. The van der Waals surface area contributed by atoms with Gasteiger partial charge in [0.25, 0.3) is 15.9 Å². The molecule has 2 aliphatic rings. The van der Waals surface area contributed by atoms with Gasteiger partial charge in [-0.3, -0.25) is 4.79 Å². The smallest absolute Gasteiger partial charge is 0.397 e. The normalized spacial score (nSPS) is 19.0. The van der Waals surface area contributed by atoms with Crippen LogP contribution in [0.2, 0.25) is 0 Å². The number of sulfonamides is 1. The lowest BCUT2D eigenvalue weighted by molar-refractivity contribution is -0.194. The Morgan fingerprint density at radius 3 is 2.43 bits per heavy atom. The van der Waals surface area contributed by atoms with Crippen molar-refractivity contribution in [2.24, 2.45) is 10.8 Å². The van der Waals surface area contributed by atoms with E-state index in [2.05, 4.69) is 28.7 Å². The van der Waals surface area contributed by atoms with E-state index < -0.39 is 34.1 Å². The fourth-order valence-electron chi connectivity index (χ4n) is 5.45. The molecule has 3 heterocycles. The quantitative estimate of drug-likeness (QED) is 0.335. The second-order valence-corrected chi connectivity index (χ2v) is 13.7. The van der Waals surface area contributed by atoms with Crippen molar-refractivity contribution in [1.29, 1.82) is 0 Å². The molecule has 2 aromatic heterocycles. The predicted molar refractivity (Wildman–Crippen MR) is 154 cm³/mol. The molecule has 0 spiro atoms. The minimum Gasteiger partial charge on any atom is -0.497 e. The average molecular weight is 638 g/mol. The molecular formula is C29H34F3N5O6S. The molecule has 1 aliphatic heterocycles. The molecule has 1 atom stereocenters. The molecule has 44 heavy (non-hydrogen) atoms. The number of nitrogens with one attached hydrogen (secondary N) is 1. The average Bonchev–Trinajstić information content (AvgIpc) is 3.53. The van der Waals surface area contributed by atoms with Gasteiger partial charge in [-0.15, -0.1) is 5.10 Å². The summed E-state index contributed by atoms with van der Waals surface area (Å²) in [5.74, 6) is -0.0322. The Labute approximate surface area is 253 Å². The maximum Gasteiger partial charge on any atom is 0.397 e. The number of methoxy groups -OCH3 is 2. The van der Waals surface area contributed by atoms with Crippen molar-refractivity contribution in [1.82, 2.24) is 19.5 Å². The SMILES string of the molecule is COc1ccc(S(=O)(=O)NC(=O)c2ccc(-n3ccc(OCC4(C(F)(F)F)CC4)n3)nc2N2CC(C)(C)CC2C)c(OC)c1. The van der Waals surface area contributed by atoms with Gasteiger partial charge in [0.1, 0.15) is 34.2 Å². The number of hydrogen-bond donors (Lipinski definition) is 1. The van der Waals surface area contributed by atoms with Gasteiger partial charge in [-0.25, -0.2) is 22.8 Å². The van der Waals surface area contributed by atoms with Gasteiger partial charge in [-0.1, -0.05) is 13.8 Å². The number of ether oxygens (including phenoxy) is 3. The van der Waals surface area contributed by atoms with E-state index in [-0.39, 0.29) is 58.0 Å². The van der Waals surface area contributed by atoms with Crippen molar-refractivity contribution >= 4 is 21.7 Å². The molecule has 1 unspecified atom stereocenters. The van der Waals surface area contributed by atoms with Gasteiger partial charge in [0.15, 0.2) is 5.82 Å². The standard InChI is InChI=1S/C29H34F3N5O6S/c1-18-15-27(2,3)16-36(18)25-20(26(38)35-44(39,40)22-8-6-19(41-4)14-21(22)42-5)7-9-23(33-25)37-13-10-24(34-37)43-17-28(11-12-28)29(30,31)32/h6-10,13-14,18H,11-12,15-17H2,1-5H3,(H,35,38). The minimum atomic E-state index is -4.38. The number of anilines is 1. The van der Waals surface area contributed by atoms with Crippen molar-refractivity contribution in [3.63, 3.8) is 0 Å². The van der Waals surface area contributed by atoms with Crippen LogP contribution < -0.4 is 23.8 Å². The van der Waals surface area contributed by atoms with Crippen LogP contribution in [0.4, 0.5) is 19.0 Å². The van der Waals surface area contributed by atoms with E-state index in [0.717, 1.165) is 6.42 Å². The number of amides is 1. The highest BCUT2D eigenvalue weighted by Gasteiger charge is 2.64. The Bertz CT molecular complexity index is 1670. The summed E-state index contributed by atoms with van der Waals surface area (Å²) >= 11 is 0. The third-order valence-electron chi connectivity index (χ3n) is 7.99. The lowest BCUT2D eigenvalue weighted by atomic mass is 9.91. The van der Waals surface area contributed by atoms with E-state index in [1.165, 1.54) is 61.5 Å². The van der Waals surface area contributed by atoms with Crippen LogP contribution in [0.1, 0.15) is 50.4 Å². The van der Waals surface area contributed by atoms with Crippen LogP contribution in [0.15, 0.2) is 47.5 Å². The Morgan fingerprint density at radius 2 is 1.84 bits per heavy atom. The third-order valence-corrected chi connectivity index (χ3v) is 9.36. The minimum absolute atomic E-state index is 0.000834. The second-order valence-electron chi connectivity index (χ2n) is 12.0. The molecule has 238 valence electrons. The Kier molecular flexibility index (Phi) is 7.97. The van der Waals surface area contributed by atoms with Gasteiger partial charge in [-0.05, 0) is 55.9 Å². The molecule has 5 rings (SSSR count). The van der Waals surface area contributed by atoms with E-state index in [0.29, 0.717) is 12.3 Å². The zero-order chi connectivity index (χ0) is 32.1. The van der Waals surface area contributed by atoms with E-state index in [9.17, 15) is 26.4 Å². The molecule has 3 aromatic rings. The van der Waals surface area contributed by atoms with Crippen LogP contribution >= 0.6 is 0 Å². The highest BCUT2D eigenvalue weighted by atomic mass is 32.2. The summed E-state index contributed by atoms with van der Waals surface area (Å²) in [6.45, 7) is 6.16. The van der Waals surface area contributed by atoms with Crippen LogP contribution in [0.3, 0.4) is 0 Å². The van der Waals surface area contributed by atoms with Crippen LogP contribution in [0, 0.1) is 10.8 Å². The number of halogens is 3. The number of hydrogen-bond acceptors (Lipinski definition) is 9. The largest absolute Gasteiger partial charge is 0.497 e. The number of aromatic nitrogens is 3. The number of rotatable bonds is 10. The lowest BCUT2D eigenvalue weighted by Crippen LogP contribution is -2.35. The molecule has 1 amide bonds. The Morgan fingerprint density at radius 1 is 1.11 bits per heavy atom. The molecule has 2 fully saturated rings. The van der Waals surface area contributed by atoms with Gasteiger partial charge < -0.3 is 19.1 Å². The molecule has 1 saturated heterocycles. The van der Waals surface area contributed by atoms with Gasteiger partial charge >= 0.3 is 6.18 Å². The van der Waals surface area contributed by atoms with Crippen LogP contribution in [-0.4, -0.2) is 68.7 Å². The van der Waals surface area contributed by atoms with Crippen molar-refractivity contribution in [2.45, 2.75) is 57.1 Å². The van der Waals surface area contributed by atoms with Crippen molar-refractivity contribution in [2.75, 3.05) is 32.3 Å². The predicted octanol–water partition coefficient (Wildman–Crippen LogP) is 4.75. The zero-order valence-electron chi connectivity index (χ0n) is 24.9. The molecule has 1 N–H and O–H groups in total. The number of pyridine rings is 1.